The topological polar surface area (TPSA) is 41.6 Å². The van der Waals surface area contributed by atoms with E-state index in [1.165, 1.54) is 30.6 Å². The zero-order chi connectivity index (χ0) is 17.8. The van der Waals surface area contributed by atoms with Crippen molar-refractivity contribution in [3.05, 3.63) is 54.1 Å². The first-order valence-corrected chi connectivity index (χ1v) is 10.9. The summed E-state index contributed by atoms with van der Waals surface area (Å²) in [6.07, 6.45) is 3.50. The van der Waals surface area contributed by atoms with Crippen LogP contribution in [0.4, 0.5) is 11.4 Å². The molecule has 0 saturated carbocycles. The fourth-order valence-electron chi connectivity index (χ4n) is 3.81. The predicted molar refractivity (Wildman–Crippen MR) is 109 cm³/mol. The Balaban J connectivity index is 1.18. The molecule has 5 heteroatoms. The lowest BCUT2D eigenvalue weighted by molar-refractivity contribution is 0.253. The molecule has 1 N–H and O–H groups in total. The van der Waals surface area contributed by atoms with Gasteiger partial charge in [0.15, 0.2) is 10.8 Å². The predicted octanol–water partition coefficient (Wildman–Crippen LogP) is 3.32. The molecule has 1 unspecified atom stereocenters. The number of fused-ring (bicyclic) bond motifs is 1. The highest BCUT2D eigenvalue weighted by Gasteiger charge is 2.23. The van der Waals surface area contributed by atoms with Gasteiger partial charge in [0.2, 0.25) is 0 Å². The molecule has 0 spiro atoms. The van der Waals surface area contributed by atoms with E-state index in [1.807, 2.05) is 0 Å². The van der Waals surface area contributed by atoms with Gasteiger partial charge in [-0.15, -0.1) is 0 Å². The van der Waals surface area contributed by atoms with Gasteiger partial charge in [0, 0.05) is 43.0 Å². The van der Waals surface area contributed by atoms with Gasteiger partial charge in [-0.2, -0.15) is 0 Å². The molecule has 0 bridgehead atoms. The van der Waals surface area contributed by atoms with Gasteiger partial charge in [-0.1, -0.05) is 24.3 Å². The second-order valence-corrected chi connectivity index (χ2v) is 8.54. The van der Waals surface area contributed by atoms with Gasteiger partial charge in [-0.05, 0) is 55.6 Å². The van der Waals surface area contributed by atoms with Crippen LogP contribution in [0.3, 0.4) is 0 Å². The highest BCUT2D eigenvalue weighted by Crippen LogP contribution is 2.29. The van der Waals surface area contributed by atoms with Crippen molar-refractivity contribution in [1.29, 1.82) is 0 Å². The summed E-state index contributed by atoms with van der Waals surface area (Å²) in [4.78, 5) is 6.05. The summed E-state index contributed by atoms with van der Waals surface area (Å²) in [5.74, 6) is 0.563. The molecule has 2 aliphatic heterocycles. The quantitative estimate of drug-likeness (QED) is 0.626. The molecule has 138 valence electrons. The van der Waals surface area contributed by atoms with E-state index in [0.717, 1.165) is 43.2 Å². The van der Waals surface area contributed by atoms with Crippen molar-refractivity contribution in [2.75, 3.05) is 48.8 Å². The number of hydrogen-bond donors (Lipinski definition) is 1. The van der Waals surface area contributed by atoms with Crippen LogP contribution in [-0.2, 0) is 17.6 Å². The zero-order valence-corrected chi connectivity index (χ0v) is 16.0. The smallest absolute Gasteiger partial charge is 0.181 e. The number of piperazine rings is 1. The molecule has 0 aliphatic carbocycles. The van der Waals surface area contributed by atoms with E-state index in [2.05, 4.69) is 63.6 Å². The molecule has 1 saturated heterocycles. The van der Waals surface area contributed by atoms with Crippen molar-refractivity contribution in [1.82, 2.24) is 4.90 Å². The van der Waals surface area contributed by atoms with Crippen LogP contribution in [0.5, 0.6) is 0 Å². The first kappa shape index (κ1) is 17.7. The summed E-state index contributed by atoms with van der Waals surface area (Å²) in [5.41, 5.74) is 3.70. The fourth-order valence-corrected chi connectivity index (χ4v) is 4.92. The second kappa shape index (κ2) is 8.33. The molecular formula is C21H27N3OS. The van der Waals surface area contributed by atoms with Crippen molar-refractivity contribution in [2.24, 2.45) is 0 Å². The molecule has 2 heterocycles. The summed E-state index contributed by atoms with van der Waals surface area (Å²) in [7, 11) is 0. The van der Waals surface area contributed by atoms with Gasteiger partial charge in [-0.3, -0.25) is 4.90 Å². The van der Waals surface area contributed by atoms with Crippen molar-refractivity contribution >= 4 is 22.6 Å². The maximum Gasteiger partial charge on any atom is 0.181 e. The lowest BCUT2D eigenvalue weighted by Gasteiger charge is -2.36. The van der Waals surface area contributed by atoms with Gasteiger partial charge >= 0.3 is 0 Å². The van der Waals surface area contributed by atoms with Crippen molar-refractivity contribution in [2.45, 2.75) is 24.2 Å². The van der Waals surface area contributed by atoms with E-state index in [0.29, 0.717) is 5.88 Å². The van der Waals surface area contributed by atoms with Gasteiger partial charge < -0.3 is 14.8 Å². The number of unbranched alkanes of at least 4 members (excludes halogenated alkanes) is 1. The van der Waals surface area contributed by atoms with Crippen LogP contribution in [-0.4, -0.2) is 48.1 Å². The number of rotatable bonds is 6. The molecule has 0 radical (unpaired) electrons. The van der Waals surface area contributed by atoms with Gasteiger partial charge in [0.05, 0.1) is 5.69 Å². The van der Waals surface area contributed by atoms with E-state index in [4.69, 9.17) is 0 Å². The second-order valence-electron chi connectivity index (χ2n) is 7.12. The SMILES string of the molecule is [O-][S+]1CNc2ccc(CCCCN3CCN(c4ccccc4)CC3)cc21. The highest BCUT2D eigenvalue weighted by atomic mass is 32.2. The third kappa shape index (κ3) is 4.17. The zero-order valence-electron chi connectivity index (χ0n) is 15.2. The minimum absolute atomic E-state index is 0.563. The first-order valence-electron chi connectivity index (χ1n) is 9.57. The van der Waals surface area contributed by atoms with E-state index in [1.54, 1.807) is 0 Å². The summed E-state index contributed by atoms with van der Waals surface area (Å²) in [6.45, 7) is 5.72. The monoisotopic (exact) mass is 369 g/mol. The Hall–Kier alpha value is -1.69. The van der Waals surface area contributed by atoms with Crippen LogP contribution in [0.1, 0.15) is 18.4 Å². The molecule has 2 aromatic rings. The van der Waals surface area contributed by atoms with E-state index in [9.17, 15) is 4.55 Å². The number of para-hydroxylation sites is 1. The Morgan fingerprint density at radius 1 is 0.962 bits per heavy atom. The molecular weight excluding hydrogens is 342 g/mol. The highest BCUT2D eigenvalue weighted by molar-refractivity contribution is 7.92. The van der Waals surface area contributed by atoms with Gasteiger partial charge in [-0.25, -0.2) is 0 Å². The number of aryl methyl sites for hydroxylation is 1. The molecule has 2 aromatic carbocycles. The Morgan fingerprint density at radius 3 is 2.58 bits per heavy atom. The Bertz CT molecular complexity index is 716. The summed E-state index contributed by atoms with van der Waals surface area (Å²) in [5, 5.41) is 3.19. The van der Waals surface area contributed by atoms with Crippen LogP contribution in [0.25, 0.3) is 0 Å². The maximum atomic E-state index is 11.9. The molecule has 26 heavy (non-hydrogen) atoms. The summed E-state index contributed by atoms with van der Waals surface area (Å²) < 4.78 is 11.9. The third-order valence-corrected chi connectivity index (χ3v) is 6.60. The number of hydrogen-bond acceptors (Lipinski definition) is 4. The number of nitrogens with zero attached hydrogens (tertiary/aromatic N) is 2. The molecule has 0 amide bonds. The van der Waals surface area contributed by atoms with Crippen molar-refractivity contribution in [3.63, 3.8) is 0 Å². The lowest BCUT2D eigenvalue weighted by Crippen LogP contribution is -2.46. The van der Waals surface area contributed by atoms with E-state index < -0.39 is 11.2 Å². The van der Waals surface area contributed by atoms with Crippen LogP contribution in [0.15, 0.2) is 53.4 Å². The molecule has 0 aromatic heterocycles. The first-order chi connectivity index (χ1) is 12.8. The average molecular weight is 370 g/mol. The van der Waals surface area contributed by atoms with Crippen LogP contribution in [0.2, 0.25) is 0 Å². The van der Waals surface area contributed by atoms with Crippen LogP contribution in [0, 0.1) is 0 Å². The molecule has 4 rings (SSSR count). The molecule has 1 fully saturated rings. The minimum Gasteiger partial charge on any atom is -0.610 e. The van der Waals surface area contributed by atoms with E-state index in [-0.39, 0.29) is 0 Å². The Labute approximate surface area is 159 Å². The largest absolute Gasteiger partial charge is 0.610 e. The lowest BCUT2D eigenvalue weighted by atomic mass is 10.1. The standard InChI is InChI=1S/C21H27N3OS/c25-26-17-22-20-10-9-18(16-21(20)26)6-4-5-11-23-12-14-24(15-13-23)19-7-2-1-3-8-19/h1-3,7-10,16,22H,4-6,11-15,17H2. The molecule has 4 nitrogen and oxygen atoms in total. The summed E-state index contributed by atoms with van der Waals surface area (Å²) in [6, 6.07) is 17.1. The Kier molecular flexibility index (Phi) is 5.68. The minimum atomic E-state index is -0.863. The van der Waals surface area contributed by atoms with Crippen LogP contribution < -0.4 is 10.2 Å². The van der Waals surface area contributed by atoms with Crippen LogP contribution >= 0.6 is 0 Å². The van der Waals surface area contributed by atoms with Gasteiger partial charge in [0.25, 0.3) is 0 Å². The average Bonchev–Trinajstić information content (AvgIpc) is 3.07. The van der Waals surface area contributed by atoms with Crippen molar-refractivity contribution in [3.8, 4) is 0 Å². The number of benzene rings is 2. The number of anilines is 2. The molecule has 2 aliphatic rings. The normalized spacial score (nSPS) is 20.0. The maximum absolute atomic E-state index is 11.9. The van der Waals surface area contributed by atoms with Crippen molar-refractivity contribution < 1.29 is 4.55 Å². The van der Waals surface area contributed by atoms with E-state index >= 15 is 0 Å². The van der Waals surface area contributed by atoms with Gasteiger partial charge in [0.1, 0.15) is 0 Å². The molecule has 1 atom stereocenters. The summed E-state index contributed by atoms with van der Waals surface area (Å²) >= 11 is -0.863. The number of nitrogens with one attached hydrogen (secondary N) is 1. The Morgan fingerprint density at radius 2 is 1.77 bits per heavy atom. The fraction of sp³-hybridized carbons (Fsp3) is 0.429. The third-order valence-electron chi connectivity index (χ3n) is 5.37.